The second-order valence-electron chi connectivity index (χ2n) is 3.96. The first kappa shape index (κ1) is 16.5. The maximum Gasteiger partial charge on any atom is 0.282 e. The minimum Gasteiger partial charge on any atom is -1.00 e. The molecule has 3 nitrogen and oxygen atoms in total. The van der Waals surface area contributed by atoms with Gasteiger partial charge in [0.1, 0.15) is 0 Å². The van der Waals surface area contributed by atoms with Crippen LogP contribution in [0.5, 0.6) is 0 Å². The number of benzene rings is 1. The highest BCUT2D eigenvalue weighted by Gasteiger charge is 2.21. The van der Waals surface area contributed by atoms with Crippen LogP contribution in [0.25, 0.3) is 0 Å². The molecule has 6 heteroatoms. The second kappa shape index (κ2) is 7.07. The van der Waals surface area contributed by atoms with Gasteiger partial charge in [0.25, 0.3) is 5.91 Å². The van der Waals surface area contributed by atoms with Gasteiger partial charge < -0.3 is 23.5 Å². The Morgan fingerprint density at radius 1 is 1.35 bits per heavy atom. The van der Waals surface area contributed by atoms with E-state index in [1.165, 1.54) is 0 Å². The van der Waals surface area contributed by atoms with Crippen molar-refractivity contribution in [2.75, 3.05) is 5.32 Å². The van der Waals surface area contributed by atoms with Crippen LogP contribution in [-0.4, -0.2) is 11.9 Å². The van der Waals surface area contributed by atoms with Gasteiger partial charge in [0.15, 0.2) is 6.04 Å². The van der Waals surface area contributed by atoms with Gasteiger partial charge in [-0.2, -0.15) is 0 Å². The van der Waals surface area contributed by atoms with Crippen molar-refractivity contribution < 1.29 is 22.9 Å². The summed E-state index contributed by atoms with van der Waals surface area (Å²) in [5, 5.41) is 3.69. The monoisotopic (exact) mass is 296 g/mol. The Hall–Kier alpha value is -0.480. The van der Waals surface area contributed by atoms with E-state index in [9.17, 15) is 4.79 Å². The van der Waals surface area contributed by atoms with Crippen molar-refractivity contribution in [3.63, 3.8) is 0 Å². The van der Waals surface area contributed by atoms with Crippen LogP contribution in [0.3, 0.4) is 0 Å². The minimum absolute atomic E-state index is 0. The van der Waals surface area contributed by atoms with E-state index in [1.807, 2.05) is 13.8 Å². The van der Waals surface area contributed by atoms with Gasteiger partial charge in [0, 0.05) is 10.9 Å². The fourth-order valence-electron chi connectivity index (χ4n) is 1.12. The molecule has 0 aromatic heterocycles. The molecule has 0 unspecified atom stereocenters. The van der Waals surface area contributed by atoms with Gasteiger partial charge >= 0.3 is 0 Å². The normalized spacial score (nSPS) is 11.9. The summed E-state index contributed by atoms with van der Waals surface area (Å²) in [4.78, 5) is 11.7. The SMILES string of the molecule is CC(C)[C@H]([NH3+])C(=O)Nc1ccc(Cl)cc1Cl.[Cl-]. The van der Waals surface area contributed by atoms with Crippen LogP contribution in [-0.2, 0) is 4.79 Å². The van der Waals surface area contributed by atoms with Gasteiger partial charge in [-0.3, -0.25) is 4.79 Å². The number of halogens is 3. The fraction of sp³-hybridized carbons (Fsp3) is 0.364. The zero-order valence-corrected chi connectivity index (χ0v) is 11.9. The van der Waals surface area contributed by atoms with Gasteiger partial charge in [-0.05, 0) is 18.2 Å². The molecule has 4 N–H and O–H groups in total. The first-order chi connectivity index (χ1) is 7.41. The van der Waals surface area contributed by atoms with Crippen LogP contribution in [0, 0.1) is 5.92 Å². The molecular formula is C11H15Cl3N2O. The molecular weight excluding hydrogens is 282 g/mol. The van der Waals surface area contributed by atoms with Crippen LogP contribution in [0.1, 0.15) is 13.8 Å². The summed E-state index contributed by atoms with van der Waals surface area (Å²) in [6.07, 6.45) is 0. The fourth-order valence-corrected chi connectivity index (χ4v) is 1.57. The highest BCUT2D eigenvalue weighted by atomic mass is 35.5. The van der Waals surface area contributed by atoms with E-state index in [2.05, 4.69) is 11.1 Å². The lowest BCUT2D eigenvalue weighted by molar-refractivity contribution is -0.412. The number of anilines is 1. The van der Waals surface area contributed by atoms with Gasteiger partial charge in [-0.25, -0.2) is 0 Å². The zero-order valence-electron chi connectivity index (χ0n) is 9.64. The van der Waals surface area contributed by atoms with Crippen molar-refractivity contribution >= 4 is 34.8 Å². The topological polar surface area (TPSA) is 56.7 Å². The lowest BCUT2D eigenvalue weighted by Crippen LogP contribution is -3.00. The molecule has 1 amide bonds. The van der Waals surface area contributed by atoms with Gasteiger partial charge in [-0.1, -0.05) is 37.0 Å². The Labute approximate surface area is 117 Å². The highest BCUT2D eigenvalue weighted by molar-refractivity contribution is 6.36. The molecule has 1 atom stereocenters. The van der Waals surface area contributed by atoms with Crippen molar-refractivity contribution in [2.45, 2.75) is 19.9 Å². The van der Waals surface area contributed by atoms with E-state index < -0.39 is 0 Å². The molecule has 96 valence electrons. The van der Waals surface area contributed by atoms with Crippen molar-refractivity contribution in [2.24, 2.45) is 5.92 Å². The summed E-state index contributed by atoms with van der Waals surface area (Å²) in [7, 11) is 0. The Balaban J connectivity index is 0.00000256. The van der Waals surface area contributed by atoms with Crippen LogP contribution in [0.15, 0.2) is 18.2 Å². The average Bonchev–Trinajstić information content (AvgIpc) is 2.20. The van der Waals surface area contributed by atoms with E-state index in [4.69, 9.17) is 23.2 Å². The van der Waals surface area contributed by atoms with Gasteiger partial charge in [0.2, 0.25) is 0 Å². The average molecular weight is 298 g/mol. The van der Waals surface area contributed by atoms with Crippen molar-refractivity contribution in [1.82, 2.24) is 0 Å². The molecule has 17 heavy (non-hydrogen) atoms. The number of hydrogen-bond acceptors (Lipinski definition) is 1. The number of carbonyl (C=O) groups is 1. The number of nitrogens with one attached hydrogen (secondary N) is 1. The molecule has 0 aliphatic rings. The summed E-state index contributed by atoms with van der Waals surface area (Å²) < 4.78 is 0. The molecule has 0 bridgehead atoms. The molecule has 0 aliphatic carbocycles. The van der Waals surface area contributed by atoms with E-state index in [-0.39, 0.29) is 30.3 Å². The van der Waals surface area contributed by atoms with Crippen LogP contribution in [0.4, 0.5) is 5.69 Å². The van der Waals surface area contributed by atoms with E-state index in [1.54, 1.807) is 18.2 Å². The third kappa shape index (κ3) is 4.72. The highest BCUT2D eigenvalue weighted by Crippen LogP contribution is 2.25. The molecule has 0 saturated carbocycles. The Morgan fingerprint density at radius 3 is 2.41 bits per heavy atom. The summed E-state index contributed by atoms with van der Waals surface area (Å²) >= 11 is 11.7. The van der Waals surface area contributed by atoms with Crippen molar-refractivity contribution in [3.8, 4) is 0 Å². The Kier molecular flexibility index (Phi) is 6.87. The predicted octanol–water partition coefficient (Wildman–Crippen LogP) is -0.798. The van der Waals surface area contributed by atoms with Gasteiger partial charge in [0.05, 0.1) is 10.7 Å². The molecule has 0 heterocycles. The van der Waals surface area contributed by atoms with Crippen LogP contribution in [0.2, 0.25) is 10.0 Å². The molecule has 1 aromatic carbocycles. The Bertz CT molecular complexity index is 396. The second-order valence-corrected chi connectivity index (χ2v) is 4.81. The van der Waals surface area contributed by atoms with Gasteiger partial charge in [-0.15, -0.1) is 0 Å². The summed E-state index contributed by atoms with van der Waals surface area (Å²) in [5.74, 6) is 0.0466. The maximum absolute atomic E-state index is 11.7. The number of carbonyl (C=O) groups excluding carboxylic acids is 1. The van der Waals surface area contributed by atoms with Crippen molar-refractivity contribution in [3.05, 3.63) is 28.2 Å². The number of amides is 1. The van der Waals surface area contributed by atoms with Crippen molar-refractivity contribution in [1.29, 1.82) is 0 Å². The quantitative estimate of drug-likeness (QED) is 0.754. The van der Waals surface area contributed by atoms with Crippen LogP contribution >= 0.6 is 23.2 Å². The lowest BCUT2D eigenvalue weighted by atomic mass is 10.1. The zero-order chi connectivity index (χ0) is 12.3. The maximum atomic E-state index is 11.7. The smallest absolute Gasteiger partial charge is 0.282 e. The summed E-state index contributed by atoms with van der Waals surface area (Å²) in [6.45, 7) is 3.89. The van der Waals surface area contributed by atoms with E-state index >= 15 is 0 Å². The molecule has 0 saturated heterocycles. The van der Waals surface area contributed by atoms with Crippen LogP contribution < -0.4 is 23.5 Å². The largest absolute Gasteiger partial charge is 1.00 e. The third-order valence-corrected chi connectivity index (χ3v) is 2.88. The molecule has 0 radical (unpaired) electrons. The number of quaternary nitrogens is 1. The first-order valence-electron chi connectivity index (χ1n) is 5.01. The first-order valence-corrected chi connectivity index (χ1v) is 5.76. The molecule has 0 spiro atoms. The third-order valence-electron chi connectivity index (χ3n) is 2.33. The molecule has 1 rings (SSSR count). The molecule has 0 fully saturated rings. The number of rotatable bonds is 3. The number of hydrogen-bond donors (Lipinski definition) is 2. The van der Waals surface area contributed by atoms with E-state index in [0.29, 0.717) is 15.7 Å². The molecule has 0 aliphatic heterocycles. The molecule has 1 aromatic rings. The summed E-state index contributed by atoms with van der Waals surface area (Å²) in [6, 6.07) is 4.64. The Morgan fingerprint density at radius 2 is 1.94 bits per heavy atom. The minimum atomic E-state index is -0.299. The lowest BCUT2D eigenvalue weighted by Gasteiger charge is -2.13. The standard InChI is InChI=1S/C11H14Cl2N2O.ClH/c1-6(2)10(14)11(16)15-9-4-3-7(12)5-8(9)13;/h3-6,10H,14H2,1-2H3,(H,15,16);1H/t10-;/m0./s1. The van der Waals surface area contributed by atoms with E-state index in [0.717, 1.165) is 0 Å². The predicted molar refractivity (Wildman–Crippen MR) is 66.6 cm³/mol. The summed E-state index contributed by atoms with van der Waals surface area (Å²) in [5.41, 5.74) is 4.36.